The Bertz CT molecular complexity index is 369. The van der Waals surface area contributed by atoms with Crippen molar-refractivity contribution in [2.24, 2.45) is 0 Å². The number of hydrogen-bond acceptors (Lipinski definition) is 2. The van der Waals surface area contributed by atoms with E-state index in [0.717, 1.165) is 24.0 Å². The standard InChI is InChI=1S/C13H18BrNO/c1-3-13(2)9-15-8-12(16-13)10-6-4-5-7-11(10)14/h4-7,12,15H,3,8-9H2,1-2H3. The summed E-state index contributed by atoms with van der Waals surface area (Å²) in [6, 6.07) is 8.28. The van der Waals surface area contributed by atoms with E-state index < -0.39 is 0 Å². The van der Waals surface area contributed by atoms with E-state index >= 15 is 0 Å². The zero-order valence-corrected chi connectivity index (χ0v) is 11.4. The SMILES string of the molecule is CCC1(C)CNCC(c2ccccc2Br)O1. The van der Waals surface area contributed by atoms with Crippen LogP contribution in [-0.2, 0) is 4.74 Å². The quantitative estimate of drug-likeness (QED) is 0.900. The van der Waals surface area contributed by atoms with Gasteiger partial charge < -0.3 is 10.1 Å². The molecule has 3 heteroatoms. The van der Waals surface area contributed by atoms with Crippen LogP contribution in [0.4, 0.5) is 0 Å². The van der Waals surface area contributed by atoms with Gasteiger partial charge in [-0.25, -0.2) is 0 Å². The molecule has 2 rings (SSSR count). The molecule has 1 N–H and O–H groups in total. The third-order valence-electron chi connectivity index (χ3n) is 3.26. The van der Waals surface area contributed by atoms with E-state index in [-0.39, 0.29) is 11.7 Å². The fourth-order valence-corrected chi connectivity index (χ4v) is 2.55. The van der Waals surface area contributed by atoms with Crippen molar-refractivity contribution in [1.29, 1.82) is 0 Å². The first-order chi connectivity index (χ1) is 7.64. The smallest absolute Gasteiger partial charge is 0.0968 e. The molecule has 16 heavy (non-hydrogen) atoms. The van der Waals surface area contributed by atoms with E-state index in [1.807, 2.05) is 6.07 Å². The molecule has 0 amide bonds. The molecule has 88 valence electrons. The highest BCUT2D eigenvalue weighted by atomic mass is 79.9. The van der Waals surface area contributed by atoms with Crippen LogP contribution in [0, 0.1) is 0 Å². The predicted octanol–water partition coefficient (Wildman–Crippen LogP) is 3.28. The Morgan fingerprint density at radius 1 is 1.50 bits per heavy atom. The Morgan fingerprint density at radius 3 is 2.94 bits per heavy atom. The fourth-order valence-electron chi connectivity index (χ4n) is 2.01. The highest BCUT2D eigenvalue weighted by Crippen LogP contribution is 2.32. The number of benzene rings is 1. The molecular formula is C13H18BrNO. The molecule has 2 nitrogen and oxygen atoms in total. The van der Waals surface area contributed by atoms with Crippen LogP contribution in [0.25, 0.3) is 0 Å². The predicted molar refractivity (Wildman–Crippen MR) is 69.5 cm³/mol. The summed E-state index contributed by atoms with van der Waals surface area (Å²) in [5, 5.41) is 3.46. The molecule has 1 fully saturated rings. The molecule has 0 aliphatic carbocycles. The number of ether oxygens (including phenoxy) is 1. The van der Waals surface area contributed by atoms with Crippen molar-refractivity contribution in [3.8, 4) is 0 Å². The number of halogens is 1. The molecule has 1 aliphatic rings. The van der Waals surface area contributed by atoms with Crippen molar-refractivity contribution in [1.82, 2.24) is 5.32 Å². The maximum absolute atomic E-state index is 6.20. The average molecular weight is 284 g/mol. The van der Waals surface area contributed by atoms with Gasteiger partial charge in [-0.05, 0) is 25.0 Å². The van der Waals surface area contributed by atoms with Gasteiger partial charge in [0.25, 0.3) is 0 Å². The van der Waals surface area contributed by atoms with Crippen LogP contribution >= 0.6 is 15.9 Å². The minimum Gasteiger partial charge on any atom is -0.365 e. The lowest BCUT2D eigenvalue weighted by Crippen LogP contribution is -2.48. The van der Waals surface area contributed by atoms with Crippen LogP contribution in [0.3, 0.4) is 0 Å². The Hall–Kier alpha value is -0.380. The lowest BCUT2D eigenvalue weighted by Gasteiger charge is -2.39. The van der Waals surface area contributed by atoms with Gasteiger partial charge in [0.05, 0.1) is 11.7 Å². The first-order valence-electron chi connectivity index (χ1n) is 5.77. The average Bonchev–Trinajstić information content (AvgIpc) is 2.30. The topological polar surface area (TPSA) is 21.3 Å². The summed E-state index contributed by atoms with van der Waals surface area (Å²) in [7, 11) is 0. The highest BCUT2D eigenvalue weighted by molar-refractivity contribution is 9.10. The van der Waals surface area contributed by atoms with Gasteiger partial charge in [0.2, 0.25) is 0 Å². The Labute approximate surface area is 106 Å². The van der Waals surface area contributed by atoms with Gasteiger partial charge in [-0.15, -0.1) is 0 Å². The molecule has 2 atom stereocenters. The van der Waals surface area contributed by atoms with Gasteiger partial charge in [0.15, 0.2) is 0 Å². The highest BCUT2D eigenvalue weighted by Gasteiger charge is 2.32. The van der Waals surface area contributed by atoms with Crippen molar-refractivity contribution in [3.05, 3.63) is 34.3 Å². The molecule has 0 bridgehead atoms. The largest absolute Gasteiger partial charge is 0.365 e. The van der Waals surface area contributed by atoms with Crippen molar-refractivity contribution in [2.75, 3.05) is 13.1 Å². The van der Waals surface area contributed by atoms with Crippen LogP contribution in [0.1, 0.15) is 31.9 Å². The molecule has 1 saturated heterocycles. The molecule has 1 heterocycles. The fraction of sp³-hybridized carbons (Fsp3) is 0.538. The molecule has 1 aromatic rings. The van der Waals surface area contributed by atoms with E-state index in [1.165, 1.54) is 5.56 Å². The minimum atomic E-state index is -0.0435. The lowest BCUT2D eigenvalue weighted by atomic mass is 9.98. The van der Waals surface area contributed by atoms with E-state index in [4.69, 9.17) is 4.74 Å². The van der Waals surface area contributed by atoms with E-state index in [9.17, 15) is 0 Å². The third-order valence-corrected chi connectivity index (χ3v) is 3.98. The first kappa shape index (κ1) is 12.1. The summed E-state index contributed by atoms with van der Waals surface area (Å²) >= 11 is 3.58. The van der Waals surface area contributed by atoms with Gasteiger partial charge in [-0.3, -0.25) is 0 Å². The summed E-state index contributed by atoms with van der Waals surface area (Å²) in [6.07, 6.45) is 1.18. The van der Waals surface area contributed by atoms with Gasteiger partial charge in [0.1, 0.15) is 0 Å². The van der Waals surface area contributed by atoms with Crippen LogP contribution < -0.4 is 5.32 Å². The first-order valence-corrected chi connectivity index (χ1v) is 6.57. The second-order valence-corrected chi connectivity index (χ2v) is 5.42. The van der Waals surface area contributed by atoms with E-state index in [2.05, 4.69) is 53.3 Å². The van der Waals surface area contributed by atoms with Crippen LogP contribution in [0.2, 0.25) is 0 Å². The van der Waals surface area contributed by atoms with Crippen molar-refractivity contribution >= 4 is 15.9 Å². The summed E-state index contributed by atoms with van der Waals surface area (Å²) in [5.74, 6) is 0. The van der Waals surface area contributed by atoms with Gasteiger partial charge in [-0.2, -0.15) is 0 Å². The molecule has 0 aromatic heterocycles. The van der Waals surface area contributed by atoms with Gasteiger partial charge in [-0.1, -0.05) is 41.1 Å². The Kier molecular flexibility index (Phi) is 3.67. The number of rotatable bonds is 2. The number of nitrogens with one attached hydrogen (secondary N) is 1. The molecule has 1 aromatic carbocycles. The summed E-state index contributed by atoms with van der Waals surface area (Å²) < 4.78 is 7.32. The normalized spacial score (nSPS) is 30.3. The Balaban J connectivity index is 2.19. The minimum absolute atomic E-state index is 0.0435. The van der Waals surface area contributed by atoms with Crippen LogP contribution in [0.15, 0.2) is 28.7 Å². The van der Waals surface area contributed by atoms with Crippen LogP contribution in [-0.4, -0.2) is 18.7 Å². The van der Waals surface area contributed by atoms with Crippen molar-refractivity contribution in [2.45, 2.75) is 32.0 Å². The third kappa shape index (κ3) is 2.47. The van der Waals surface area contributed by atoms with E-state index in [1.54, 1.807) is 0 Å². The van der Waals surface area contributed by atoms with Crippen molar-refractivity contribution < 1.29 is 4.74 Å². The zero-order chi connectivity index (χ0) is 11.6. The monoisotopic (exact) mass is 283 g/mol. The second-order valence-electron chi connectivity index (χ2n) is 4.56. The molecule has 2 unspecified atom stereocenters. The van der Waals surface area contributed by atoms with Gasteiger partial charge in [0, 0.05) is 17.6 Å². The zero-order valence-electron chi connectivity index (χ0n) is 9.79. The number of hydrogen-bond donors (Lipinski definition) is 1. The number of morpholine rings is 1. The lowest BCUT2D eigenvalue weighted by molar-refractivity contribution is -0.109. The maximum Gasteiger partial charge on any atom is 0.0968 e. The second kappa shape index (κ2) is 4.86. The summed E-state index contributed by atoms with van der Waals surface area (Å²) in [5.41, 5.74) is 1.19. The van der Waals surface area contributed by atoms with E-state index in [0.29, 0.717) is 0 Å². The molecule has 0 radical (unpaired) electrons. The molecular weight excluding hydrogens is 266 g/mol. The maximum atomic E-state index is 6.20. The molecule has 0 saturated carbocycles. The molecule has 0 spiro atoms. The summed E-state index contributed by atoms with van der Waals surface area (Å²) in [4.78, 5) is 0. The van der Waals surface area contributed by atoms with Crippen molar-refractivity contribution in [3.63, 3.8) is 0 Å². The molecule has 1 aliphatic heterocycles. The Morgan fingerprint density at radius 2 is 2.25 bits per heavy atom. The summed E-state index contributed by atoms with van der Waals surface area (Å²) in [6.45, 7) is 6.16. The van der Waals surface area contributed by atoms with Crippen LogP contribution in [0.5, 0.6) is 0 Å². The van der Waals surface area contributed by atoms with Gasteiger partial charge >= 0.3 is 0 Å².